The summed E-state index contributed by atoms with van der Waals surface area (Å²) >= 11 is 3.49. The summed E-state index contributed by atoms with van der Waals surface area (Å²) in [6, 6.07) is 5.73. The predicted molar refractivity (Wildman–Crippen MR) is 78.5 cm³/mol. The van der Waals surface area contributed by atoms with Gasteiger partial charge < -0.3 is 14.6 Å². The van der Waals surface area contributed by atoms with Crippen molar-refractivity contribution in [3.8, 4) is 5.75 Å². The van der Waals surface area contributed by atoms with Gasteiger partial charge in [0.05, 0.1) is 16.7 Å². The maximum atomic E-state index is 10.5. The highest BCUT2D eigenvalue weighted by molar-refractivity contribution is 9.10. The topological polar surface area (TPSA) is 38.7 Å². The molecule has 1 aromatic carbocycles. The Morgan fingerprint density at radius 3 is 2.89 bits per heavy atom. The van der Waals surface area contributed by atoms with Crippen molar-refractivity contribution in [3.63, 3.8) is 0 Å². The van der Waals surface area contributed by atoms with Gasteiger partial charge in [-0.1, -0.05) is 13.0 Å². The Bertz CT molecular complexity index is 427. The summed E-state index contributed by atoms with van der Waals surface area (Å²) < 4.78 is 12.2. The third-order valence-electron chi connectivity index (χ3n) is 3.56. The molecule has 0 aromatic heterocycles. The van der Waals surface area contributed by atoms with Gasteiger partial charge in [-0.25, -0.2) is 0 Å². The van der Waals surface area contributed by atoms with Crippen molar-refractivity contribution in [3.05, 3.63) is 28.2 Å². The van der Waals surface area contributed by atoms with Gasteiger partial charge in [0.2, 0.25) is 0 Å². The number of aliphatic hydroxyl groups excluding tert-OH is 1. The molecule has 106 valence electrons. The second kappa shape index (κ2) is 6.25. The molecule has 1 saturated heterocycles. The number of benzene rings is 1. The lowest BCUT2D eigenvalue weighted by Gasteiger charge is -2.29. The molecule has 2 rings (SSSR count). The molecule has 3 nitrogen and oxygen atoms in total. The largest absolute Gasteiger partial charge is 0.492 e. The van der Waals surface area contributed by atoms with E-state index in [9.17, 15) is 5.11 Å². The zero-order valence-electron chi connectivity index (χ0n) is 11.5. The summed E-state index contributed by atoms with van der Waals surface area (Å²) in [7, 11) is 0. The molecule has 1 fully saturated rings. The molecule has 1 heterocycles. The van der Waals surface area contributed by atoms with Crippen molar-refractivity contribution in [2.45, 2.75) is 44.8 Å². The van der Waals surface area contributed by atoms with E-state index in [1.807, 2.05) is 25.1 Å². The van der Waals surface area contributed by atoms with Crippen LogP contribution in [-0.2, 0) is 4.74 Å². The summed E-state index contributed by atoms with van der Waals surface area (Å²) in [5.41, 5.74) is 0.394. The lowest BCUT2D eigenvalue weighted by molar-refractivity contribution is -0.0796. The first kappa shape index (κ1) is 14.8. The van der Waals surface area contributed by atoms with Gasteiger partial charge in [0, 0.05) is 6.61 Å². The van der Waals surface area contributed by atoms with Gasteiger partial charge in [-0.05, 0) is 59.8 Å². The molecule has 1 aromatic rings. The van der Waals surface area contributed by atoms with Gasteiger partial charge in [-0.2, -0.15) is 0 Å². The van der Waals surface area contributed by atoms with E-state index in [1.54, 1.807) is 0 Å². The summed E-state index contributed by atoms with van der Waals surface area (Å²) in [4.78, 5) is 0. The molecule has 0 amide bonds. The Balaban J connectivity index is 2.14. The Kier molecular flexibility index (Phi) is 4.87. The Morgan fingerprint density at radius 2 is 2.32 bits per heavy atom. The Labute approximate surface area is 123 Å². The number of ether oxygens (including phenoxy) is 2. The number of rotatable bonds is 5. The zero-order chi connectivity index (χ0) is 13.9. The van der Waals surface area contributed by atoms with Crippen LogP contribution in [0.2, 0.25) is 0 Å². The predicted octanol–water partition coefficient (Wildman–Crippen LogP) is 3.84. The van der Waals surface area contributed by atoms with Gasteiger partial charge >= 0.3 is 0 Å². The van der Waals surface area contributed by atoms with E-state index in [-0.39, 0.29) is 0 Å². The van der Waals surface area contributed by atoms with Gasteiger partial charge in [0.25, 0.3) is 0 Å². The van der Waals surface area contributed by atoms with E-state index in [1.165, 1.54) is 0 Å². The zero-order valence-corrected chi connectivity index (χ0v) is 13.1. The van der Waals surface area contributed by atoms with Gasteiger partial charge in [0.1, 0.15) is 11.9 Å². The van der Waals surface area contributed by atoms with Crippen LogP contribution < -0.4 is 4.74 Å². The van der Waals surface area contributed by atoms with E-state index >= 15 is 0 Å². The van der Waals surface area contributed by atoms with Crippen molar-refractivity contribution >= 4 is 15.9 Å². The minimum Gasteiger partial charge on any atom is -0.492 e. The molecule has 0 aliphatic carbocycles. The second-order valence-corrected chi connectivity index (χ2v) is 6.06. The number of halogens is 1. The number of hydrogen-bond donors (Lipinski definition) is 1. The van der Waals surface area contributed by atoms with Crippen molar-refractivity contribution in [2.24, 2.45) is 0 Å². The number of hydrogen-bond acceptors (Lipinski definition) is 3. The van der Waals surface area contributed by atoms with Crippen molar-refractivity contribution in [1.82, 2.24) is 0 Å². The molecule has 0 saturated carbocycles. The molecule has 2 unspecified atom stereocenters. The van der Waals surface area contributed by atoms with Gasteiger partial charge in [-0.15, -0.1) is 0 Å². The monoisotopic (exact) mass is 328 g/mol. The molecule has 0 spiro atoms. The van der Waals surface area contributed by atoms with Crippen LogP contribution in [0, 0.1) is 0 Å². The third-order valence-corrected chi connectivity index (χ3v) is 4.18. The molecule has 19 heavy (non-hydrogen) atoms. The highest BCUT2D eigenvalue weighted by atomic mass is 79.9. The molecular formula is C15H21BrO3. The van der Waals surface area contributed by atoms with E-state index in [0.717, 1.165) is 41.7 Å². The first-order valence-corrected chi connectivity index (χ1v) is 7.60. The van der Waals surface area contributed by atoms with Crippen molar-refractivity contribution in [2.75, 3.05) is 13.2 Å². The molecule has 4 heteroatoms. The van der Waals surface area contributed by atoms with Crippen LogP contribution in [0.15, 0.2) is 22.7 Å². The fraction of sp³-hybridized carbons (Fsp3) is 0.600. The van der Waals surface area contributed by atoms with E-state index in [4.69, 9.17) is 9.47 Å². The highest BCUT2D eigenvalue weighted by Crippen LogP contribution is 2.39. The average Bonchev–Trinajstić information content (AvgIpc) is 2.84. The van der Waals surface area contributed by atoms with Crippen LogP contribution >= 0.6 is 15.9 Å². The third kappa shape index (κ3) is 3.30. The molecule has 1 aliphatic rings. The fourth-order valence-corrected chi connectivity index (χ4v) is 2.90. The van der Waals surface area contributed by atoms with Crippen LogP contribution in [0.1, 0.15) is 44.8 Å². The molecule has 0 radical (unpaired) electrons. The van der Waals surface area contributed by atoms with E-state index in [0.29, 0.717) is 6.61 Å². The van der Waals surface area contributed by atoms with Crippen molar-refractivity contribution in [1.29, 1.82) is 0 Å². The quantitative estimate of drug-likeness (QED) is 0.892. The van der Waals surface area contributed by atoms with Crippen molar-refractivity contribution < 1.29 is 14.6 Å². The maximum absolute atomic E-state index is 10.5. The fourth-order valence-electron chi connectivity index (χ4n) is 2.39. The average molecular weight is 329 g/mol. The highest BCUT2D eigenvalue weighted by Gasteiger charge is 2.38. The van der Waals surface area contributed by atoms with E-state index < -0.39 is 11.7 Å². The minimum absolute atomic E-state index is 0.467. The molecular weight excluding hydrogens is 308 g/mol. The molecule has 0 bridgehead atoms. The lowest BCUT2D eigenvalue weighted by Crippen LogP contribution is -2.31. The summed E-state index contributed by atoms with van der Waals surface area (Å²) in [5, 5.41) is 10.5. The van der Waals surface area contributed by atoms with Crippen LogP contribution in [0.3, 0.4) is 0 Å². The number of aliphatic hydroxyl groups is 1. The van der Waals surface area contributed by atoms with Gasteiger partial charge in [0.15, 0.2) is 0 Å². The minimum atomic E-state index is -0.605. The second-order valence-electron chi connectivity index (χ2n) is 5.21. The first-order valence-electron chi connectivity index (χ1n) is 6.81. The summed E-state index contributed by atoms with van der Waals surface area (Å²) in [6.07, 6.45) is 2.26. The van der Waals surface area contributed by atoms with Crippen LogP contribution in [-0.4, -0.2) is 23.9 Å². The Hall–Kier alpha value is -0.580. The molecule has 1 N–H and O–H groups in total. The standard InChI is InChI=1S/C15H21BrO3/c1-3-8-18-13-6-5-11(10-12(13)16)14(17)15(2)7-4-9-19-15/h5-6,10,14,17H,3-4,7-9H2,1-2H3. The van der Waals surface area contributed by atoms with E-state index in [2.05, 4.69) is 22.9 Å². The smallest absolute Gasteiger partial charge is 0.133 e. The van der Waals surface area contributed by atoms with Gasteiger partial charge in [-0.3, -0.25) is 0 Å². The maximum Gasteiger partial charge on any atom is 0.133 e. The SMILES string of the molecule is CCCOc1ccc(C(O)C2(C)CCCO2)cc1Br. The lowest BCUT2D eigenvalue weighted by atomic mass is 9.90. The van der Waals surface area contributed by atoms with Crippen LogP contribution in [0.4, 0.5) is 0 Å². The molecule has 1 aliphatic heterocycles. The van der Waals surface area contributed by atoms with Crippen LogP contribution in [0.25, 0.3) is 0 Å². The summed E-state index contributed by atoms with van der Waals surface area (Å²) in [6.45, 7) is 5.47. The summed E-state index contributed by atoms with van der Waals surface area (Å²) in [5.74, 6) is 0.815. The Morgan fingerprint density at radius 1 is 1.53 bits per heavy atom. The normalized spacial score (nSPS) is 24.4. The molecule has 2 atom stereocenters. The van der Waals surface area contributed by atoms with Crippen LogP contribution in [0.5, 0.6) is 5.75 Å². The first-order chi connectivity index (χ1) is 9.07.